The zero-order valence-electron chi connectivity index (χ0n) is 11.7. The average Bonchev–Trinajstić information content (AvgIpc) is 3.00. The van der Waals surface area contributed by atoms with Crippen LogP contribution in [0.4, 0.5) is 5.69 Å². The van der Waals surface area contributed by atoms with Crippen molar-refractivity contribution in [2.24, 2.45) is 0 Å². The summed E-state index contributed by atoms with van der Waals surface area (Å²) in [6.45, 7) is 5.32. The number of carbonyl (C=O) groups is 1. The smallest absolute Gasteiger partial charge is 0.255 e. The van der Waals surface area contributed by atoms with E-state index in [9.17, 15) is 4.79 Å². The highest BCUT2D eigenvalue weighted by atomic mass is 16.5. The van der Waals surface area contributed by atoms with Gasteiger partial charge in [0.2, 0.25) is 0 Å². The van der Waals surface area contributed by atoms with E-state index in [4.69, 9.17) is 4.74 Å². The maximum atomic E-state index is 12.3. The Morgan fingerprint density at radius 3 is 3.05 bits per heavy atom. The second-order valence-electron chi connectivity index (χ2n) is 5.26. The summed E-state index contributed by atoms with van der Waals surface area (Å²) in [5.41, 5.74) is 1.53. The van der Waals surface area contributed by atoms with Crippen molar-refractivity contribution in [1.29, 1.82) is 0 Å². The SMILES string of the molecule is O=C(NCCN1CCCC1)c1cccc2c1OCCN2. The molecule has 5 heteroatoms. The molecular weight excluding hydrogens is 254 g/mol. The van der Waals surface area contributed by atoms with Gasteiger partial charge in [0.15, 0.2) is 5.75 Å². The van der Waals surface area contributed by atoms with Gasteiger partial charge in [0, 0.05) is 19.6 Å². The van der Waals surface area contributed by atoms with Crippen LogP contribution in [0, 0.1) is 0 Å². The summed E-state index contributed by atoms with van der Waals surface area (Å²) >= 11 is 0. The molecule has 2 N–H and O–H groups in total. The van der Waals surface area contributed by atoms with Gasteiger partial charge >= 0.3 is 0 Å². The van der Waals surface area contributed by atoms with E-state index in [1.54, 1.807) is 0 Å². The largest absolute Gasteiger partial charge is 0.489 e. The molecule has 108 valence electrons. The van der Waals surface area contributed by atoms with Gasteiger partial charge in [-0.25, -0.2) is 0 Å². The third kappa shape index (κ3) is 2.88. The molecule has 20 heavy (non-hydrogen) atoms. The van der Waals surface area contributed by atoms with Gasteiger partial charge in [-0.15, -0.1) is 0 Å². The van der Waals surface area contributed by atoms with Crippen LogP contribution < -0.4 is 15.4 Å². The Hall–Kier alpha value is -1.75. The first kappa shape index (κ1) is 13.2. The highest BCUT2D eigenvalue weighted by Crippen LogP contribution is 2.30. The molecule has 1 amide bonds. The Labute approximate surface area is 119 Å². The molecule has 1 fully saturated rings. The van der Waals surface area contributed by atoms with Crippen LogP contribution in [0.15, 0.2) is 18.2 Å². The molecule has 3 rings (SSSR count). The van der Waals surface area contributed by atoms with Crippen LogP contribution >= 0.6 is 0 Å². The van der Waals surface area contributed by atoms with Gasteiger partial charge in [-0.2, -0.15) is 0 Å². The number of amides is 1. The number of rotatable bonds is 4. The van der Waals surface area contributed by atoms with E-state index in [2.05, 4.69) is 15.5 Å². The van der Waals surface area contributed by atoms with Crippen molar-refractivity contribution in [1.82, 2.24) is 10.2 Å². The second kappa shape index (κ2) is 6.13. The number of ether oxygens (including phenoxy) is 1. The highest BCUT2D eigenvalue weighted by molar-refractivity contribution is 5.98. The average molecular weight is 275 g/mol. The Morgan fingerprint density at radius 2 is 2.20 bits per heavy atom. The van der Waals surface area contributed by atoms with Crippen LogP contribution in [0.5, 0.6) is 5.75 Å². The number of likely N-dealkylation sites (tertiary alicyclic amines) is 1. The minimum Gasteiger partial charge on any atom is -0.489 e. The van der Waals surface area contributed by atoms with Crippen LogP contribution in [0.25, 0.3) is 0 Å². The molecule has 1 aromatic carbocycles. The van der Waals surface area contributed by atoms with Crippen molar-refractivity contribution < 1.29 is 9.53 Å². The first-order valence-corrected chi connectivity index (χ1v) is 7.35. The number of nitrogens with zero attached hydrogens (tertiary/aromatic N) is 1. The number of carbonyl (C=O) groups excluding carboxylic acids is 1. The summed E-state index contributed by atoms with van der Waals surface area (Å²) < 4.78 is 5.62. The fourth-order valence-electron chi connectivity index (χ4n) is 2.78. The molecule has 0 saturated carbocycles. The molecule has 0 spiro atoms. The molecular formula is C15H21N3O2. The molecule has 1 aromatic rings. The van der Waals surface area contributed by atoms with E-state index < -0.39 is 0 Å². The lowest BCUT2D eigenvalue weighted by Crippen LogP contribution is -2.34. The monoisotopic (exact) mass is 275 g/mol. The van der Waals surface area contributed by atoms with Crippen molar-refractivity contribution in [2.45, 2.75) is 12.8 Å². The highest BCUT2D eigenvalue weighted by Gasteiger charge is 2.19. The third-order valence-corrected chi connectivity index (χ3v) is 3.84. The Bertz CT molecular complexity index is 484. The van der Waals surface area contributed by atoms with Gasteiger partial charge in [0.25, 0.3) is 5.91 Å². The number of hydrogen-bond acceptors (Lipinski definition) is 4. The summed E-state index contributed by atoms with van der Waals surface area (Å²) in [6.07, 6.45) is 2.55. The van der Waals surface area contributed by atoms with E-state index in [0.717, 1.165) is 31.9 Å². The van der Waals surface area contributed by atoms with Gasteiger partial charge in [0.05, 0.1) is 11.3 Å². The molecule has 2 aliphatic heterocycles. The first-order chi connectivity index (χ1) is 9.84. The van der Waals surface area contributed by atoms with Gasteiger partial charge in [-0.05, 0) is 38.1 Å². The maximum Gasteiger partial charge on any atom is 0.255 e. The lowest BCUT2D eigenvalue weighted by molar-refractivity contribution is 0.0945. The fourth-order valence-corrected chi connectivity index (χ4v) is 2.78. The van der Waals surface area contributed by atoms with Crippen LogP contribution in [0.1, 0.15) is 23.2 Å². The number of fused-ring (bicyclic) bond motifs is 1. The van der Waals surface area contributed by atoms with E-state index in [0.29, 0.717) is 24.5 Å². The van der Waals surface area contributed by atoms with Crippen molar-refractivity contribution in [3.63, 3.8) is 0 Å². The summed E-state index contributed by atoms with van der Waals surface area (Å²) in [7, 11) is 0. The number of benzene rings is 1. The van der Waals surface area contributed by atoms with Crippen molar-refractivity contribution in [3.8, 4) is 5.75 Å². The van der Waals surface area contributed by atoms with Crippen molar-refractivity contribution >= 4 is 11.6 Å². The van der Waals surface area contributed by atoms with Gasteiger partial charge in [-0.1, -0.05) is 6.07 Å². The summed E-state index contributed by atoms with van der Waals surface area (Å²) in [6, 6.07) is 5.64. The standard InChI is InChI=1S/C15H21N3O2/c19-15(17-6-10-18-8-1-2-9-18)12-4-3-5-13-14(12)20-11-7-16-13/h3-5,16H,1-2,6-11H2,(H,17,19). The maximum absolute atomic E-state index is 12.3. The van der Waals surface area contributed by atoms with Crippen molar-refractivity contribution in [2.75, 3.05) is 44.6 Å². The van der Waals surface area contributed by atoms with E-state index in [1.165, 1.54) is 12.8 Å². The summed E-state index contributed by atoms with van der Waals surface area (Å²) in [5.74, 6) is 0.627. The minimum absolute atomic E-state index is 0.0512. The zero-order valence-corrected chi connectivity index (χ0v) is 11.7. The molecule has 0 unspecified atom stereocenters. The number of para-hydroxylation sites is 1. The molecule has 5 nitrogen and oxygen atoms in total. The van der Waals surface area contributed by atoms with Crippen LogP contribution in [0.3, 0.4) is 0 Å². The third-order valence-electron chi connectivity index (χ3n) is 3.84. The topological polar surface area (TPSA) is 53.6 Å². The lowest BCUT2D eigenvalue weighted by atomic mass is 10.1. The normalized spacial score (nSPS) is 18.0. The molecule has 0 radical (unpaired) electrons. The fraction of sp³-hybridized carbons (Fsp3) is 0.533. The minimum atomic E-state index is -0.0512. The molecule has 2 aliphatic rings. The Balaban J connectivity index is 1.59. The summed E-state index contributed by atoms with van der Waals surface area (Å²) in [5, 5.41) is 6.23. The molecule has 1 saturated heterocycles. The molecule has 0 aromatic heterocycles. The molecule has 2 heterocycles. The second-order valence-corrected chi connectivity index (χ2v) is 5.26. The van der Waals surface area contributed by atoms with E-state index >= 15 is 0 Å². The lowest BCUT2D eigenvalue weighted by Gasteiger charge is -2.21. The first-order valence-electron chi connectivity index (χ1n) is 7.35. The Morgan fingerprint density at radius 1 is 1.35 bits per heavy atom. The number of hydrogen-bond donors (Lipinski definition) is 2. The quantitative estimate of drug-likeness (QED) is 0.870. The number of nitrogens with one attached hydrogen (secondary N) is 2. The predicted octanol–water partition coefficient (Wildman–Crippen LogP) is 1.32. The molecule has 0 atom stereocenters. The van der Waals surface area contributed by atoms with E-state index in [-0.39, 0.29) is 5.91 Å². The molecule has 0 aliphatic carbocycles. The predicted molar refractivity (Wildman–Crippen MR) is 78.4 cm³/mol. The van der Waals surface area contributed by atoms with Crippen LogP contribution in [-0.2, 0) is 0 Å². The van der Waals surface area contributed by atoms with Crippen LogP contribution in [0.2, 0.25) is 0 Å². The zero-order chi connectivity index (χ0) is 13.8. The van der Waals surface area contributed by atoms with Gasteiger partial charge < -0.3 is 20.3 Å². The Kier molecular flexibility index (Phi) is 4.06. The van der Waals surface area contributed by atoms with Crippen molar-refractivity contribution in [3.05, 3.63) is 23.8 Å². The van der Waals surface area contributed by atoms with Gasteiger partial charge in [-0.3, -0.25) is 4.79 Å². The van der Waals surface area contributed by atoms with Crippen LogP contribution in [-0.4, -0.2) is 50.1 Å². The number of anilines is 1. The summed E-state index contributed by atoms with van der Waals surface area (Å²) in [4.78, 5) is 14.6. The van der Waals surface area contributed by atoms with E-state index in [1.807, 2.05) is 18.2 Å². The molecule has 0 bridgehead atoms. The van der Waals surface area contributed by atoms with Gasteiger partial charge in [0.1, 0.15) is 6.61 Å².